The summed E-state index contributed by atoms with van der Waals surface area (Å²) in [6.45, 7) is 2.21. The quantitative estimate of drug-likeness (QED) is 0.352. The molecule has 0 bridgehead atoms. The molecule has 0 saturated carbocycles. The Hall–Kier alpha value is -0.390. The van der Waals surface area contributed by atoms with Crippen molar-refractivity contribution in [2.75, 3.05) is 6.61 Å². The van der Waals surface area contributed by atoms with Crippen LogP contribution in [0, 0.1) is 0 Å². The Balaban J connectivity index is 3.11. The standard InChI is InChI=1S/C12H24O4S/c1-2-3-4-5-6-7-8-9-10-11-12-16-17(13,14)15/h3-4H,2,5-12H2,1H3,(H,13,14,15)/b4-3+. The second-order valence-electron chi connectivity index (χ2n) is 4.04. The highest BCUT2D eigenvalue weighted by Crippen LogP contribution is 2.08. The molecule has 1 N–H and O–H groups in total. The fourth-order valence-electron chi connectivity index (χ4n) is 1.52. The van der Waals surface area contributed by atoms with Crippen LogP contribution in [-0.4, -0.2) is 19.6 Å². The Kier molecular flexibility index (Phi) is 10.5. The Bertz CT molecular complexity index is 283. The molecular weight excluding hydrogens is 240 g/mol. The lowest BCUT2D eigenvalue weighted by Crippen LogP contribution is -2.04. The van der Waals surface area contributed by atoms with E-state index in [0.29, 0.717) is 6.42 Å². The smallest absolute Gasteiger partial charge is 0.264 e. The van der Waals surface area contributed by atoms with Crippen LogP contribution in [0.4, 0.5) is 0 Å². The normalized spacial score (nSPS) is 12.4. The Morgan fingerprint density at radius 1 is 1.00 bits per heavy atom. The number of allylic oxidation sites excluding steroid dienone is 2. The molecule has 4 nitrogen and oxygen atoms in total. The minimum Gasteiger partial charge on any atom is -0.264 e. The number of hydrogen-bond donors (Lipinski definition) is 1. The first kappa shape index (κ1) is 16.6. The molecule has 0 amide bonds. The molecule has 102 valence electrons. The zero-order valence-corrected chi connectivity index (χ0v) is 11.4. The van der Waals surface area contributed by atoms with E-state index in [2.05, 4.69) is 23.3 Å². The van der Waals surface area contributed by atoms with Gasteiger partial charge in [0.25, 0.3) is 0 Å². The van der Waals surface area contributed by atoms with Gasteiger partial charge in [-0.3, -0.25) is 4.55 Å². The lowest BCUT2D eigenvalue weighted by molar-refractivity contribution is 0.261. The van der Waals surface area contributed by atoms with Gasteiger partial charge in [-0.15, -0.1) is 0 Å². The fraction of sp³-hybridized carbons (Fsp3) is 0.833. The zero-order valence-electron chi connectivity index (χ0n) is 10.6. The van der Waals surface area contributed by atoms with Gasteiger partial charge in [-0.2, -0.15) is 8.42 Å². The molecule has 0 heterocycles. The van der Waals surface area contributed by atoms with Crippen LogP contribution in [0.2, 0.25) is 0 Å². The van der Waals surface area contributed by atoms with Crippen LogP contribution in [0.3, 0.4) is 0 Å². The first-order chi connectivity index (χ1) is 8.06. The van der Waals surface area contributed by atoms with Gasteiger partial charge in [0.2, 0.25) is 0 Å². The lowest BCUT2D eigenvalue weighted by atomic mass is 10.1. The van der Waals surface area contributed by atoms with Gasteiger partial charge in [-0.05, 0) is 25.7 Å². The summed E-state index contributed by atoms with van der Waals surface area (Å²) in [7, 11) is -4.24. The van der Waals surface area contributed by atoms with E-state index in [9.17, 15) is 8.42 Å². The van der Waals surface area contributed by atoms with E-state index in [1.807, 2.05) is 0 Å². The molecule has 0 aromatic rings. The average molecular weight is 264 g/mol. The SMILES string of the molecule is CC/C=C/CCCCCCCCOS(=O)(=O)O. The highest BCUT2D eigenvalue weighted by atomic mass is 32.3. The molecule has 0 spiro atoms. The maximum Gasteiger partial charge on any atom is 0.397 e. The van der Waals surface area contributed by atoms with Crippen LogP contribution in [0.15, 0.2) is 12.2 Å². The van der Waals surface area contributed by atoms with Gasteiger partial charge in [-0.25, -0.2) is 4.18 Å². The number of rotatable bonds is 11. The van der Waals surface area contributed by atoms with E-state index in [4.69, 9.17) is 4.55 Å². The monoisotopic (exact) mass is 264 g/mol. The van der Waals surface area contributed by atoms with E-state index in [-0.39, 0.29) is 6.61 Å². The number of unbranched alkanes of at least 4 members (excludes halogenated alkanes) is 6. The topological polar surface area (TPSA) is 63.6 Å². The fourth-order valence-corrected chi connectivity index (χ4v) is 1.85. The van der Waals surface area contributed by atoms with E-state index in [1.54, 1.807) is 0 Å². The van der Waals surface area contributed by atoms with Gasteiger partial charge in [0.15, 0.2) is 0 Å². The third kappa shape index (κ3) is 15.6. The summed E-state index contributed by atoms with van der Waals surface area (Å²) >= 11 is 0. The third-order valence-electron chi connectivity index (χ3n) is 2.40. The molecule has 0 aromatic heterocycles. The third-order valence-corrected chi connectivity index (χ3v) is 2.86. The number of hydrogen-bond acceptors (Lipinski definition) is 3. The van der Waals surface area contributed by atoms with E-state index >= 15 is 0 Å². The van der Waals surface area contributed by atoms with Crippen LogP contribution >= 0.6 is 0 Å². The highest BCUT2D eigenvalue weighted by Gasteiger charge is 2.02. The van der Waals surface area contributed by atoms with Crippen molar-refractivity contribution in [3.05, 3.63) is 12.2 Å². The van der Waals surface area contributed by atoms with Crippen LogP contribution in [0.1, 0.15) is 58.3 Å². The van der Waals surface area contributed by atoms with Gasteiger partial charge in [0, 0.05) is 0 Å². The molecule has 0 saturated heterocycles. The second-order valence-corrected chi connectivity index (χ2v) is 5.13. The van der Waals surface area contributed by atoms with Crippen molar-refractivity contribution in [1.82, 2.24) is 0 Å². The van der Waals surface area contributed by atoms with Crippen molar-refractivity contribution in [2.45, 2.75) is 58.3 Å². The molecule has 0 radical (unpaired) electrons. The first-order valence-electron chi connectivity index (χ1n) is 6.33. The molecule has 0 aliphatic rings. The second kappa shape index (κ2) is 10.7. The van der Waals surface area contributed by atoms with Crippen LogP contribution in [0.25, 0.3) is 0 Å². The van der Waals surface area contributed by atoms with Gasteiger partial charge >= 0.3 is 10.4 Å². The molecule has 0 unspecified atom stereocenters. The molecule has 0 aliphatic carbocycles. The largest absolute Gasteiger partial charge is 0.397 e. The van der Waals surface area contributed by atoms with Crippen molar-refractivity contribution >= 4 is 10.4 Å². The summed E-state index contributed by atoms with van der Waals surface area (Å²) in [6.07, 6.45) is 13.0. The van der Waals surface area contributed by atoms with E-state index in [1.165, 1.54) is 19.3 Å². The van der Waals surface area contributed by atoms with Gasteiger partial charge < -0.3 is 0 Å². The first-order valence-corrected chi connectivity index (χ1v) is 7.69. The van der Waals surface area contributed by atoms with E-state index < -0.39 is 10.4 Å². The van der Waals surface area contributed by atoms with E-state index in [0.717, 1.165) is 25.7 Å². The summed E-state index contributed by atoms with van der Waals surface area (Å²) in [5, 5.41) is 0. The van der Waals surface area contributed by atoms with Crippen molar-refractivity contribution < 1.29 is 17.2 Å². The summed E-state index contributed by atoms with van der Waals surface area (Å²) in [5.41, 5.74) is 0. The molecule has 0 aromatic carbocycles. The predicted octanol–water partition coefficient (Wildman–Crippen LogP) is 3.50. The van der Waals surface area contributed by atoms with Crippen molar-refractivity contribution in [2.24, 2.45) is 0 Å². The van der Waals surface area contributed by atoms with Gasteiger partial charge in [0.05, 0.1) is 6.61 Å². The molecule has 0 rings (SSSR count). The van der Waals surface area contributed by atoms with Crippen LogP contribution in [-0.2, 0) is 14.6 Å². The average Bonchev–Trinajstić information content (AvgIpc) is 2.24. The van der Waals surface area contributed by atoms with Crippen molar-refractivity contribution in [3.63, 3.8) is 0 Å². The molecule has 0 atom stereocenters. The minimum atomic E-state index is -4.24. The Labute approximate surface area is 105 Å². The summed E-state index contributed by atoms with van der Waals surface area (Å²) < 4.78 is 33.0. The van der Waals surface area contributed by atoms with Crippen molar-refractivity contribution in [3.8, 4) is 0 Å². The molecule has 0 fully saturated rings. The predicted molar refractivity (Wildman–Crippen MR) is 69.3 cm³/mol. The molecule has 17 heavy (non-hydrogen) atoms. The molecule has 0 aliphatic heterocycles. The zero-order chi connectivity index (χ0) is 13.0. The van der Waals surface area contributed by atoms with Crippen molar-refractivity contribution in [1.29, 1.82) is 0 Å². The summed E-state index contributed by atoms with van der Waals surface area (Å²) in [5.74, 6) is 0. The minimum absolute atomic E-state index is 0.0814. The van der Waals surface area contributed by atoms with Gasteiger partial charge in [0.1, 0.15) is 0 Å². The Morgan fingerprint density at radius 2 is 1.59 bits per heavy atom. The summed E-state index contributed by atoms with van der Waals surface area (Å²) in [6, 6.07) is 0. The summed E-state index contributed by atoms with van der Waals surface area (Å²) in [4.78, 5) is 0. The molecule has 5 heteroatoms. The maximum absolute atomic E-state index is 10.2. The van der Waals surface area contributed by atoms with Crippen LogP contribution < -0.4 is 0 Å². The maximum atomic E-state index is 10.2. The Morgan fingerprint density at radius 3 is 2.18 bits per heavy atom. The molecular formula is C12H24O4S. The van der Waals surface area contributed by atoms with Crippen LogP contribution in [0.5, 0.6) is 0 Å². The van der Waals surface area contributed by atoms with Gasteiger partial charge in [-0.1, -0.05) is 44.8 Å². The lowest BCUT2D eigenvalue weighted by Gasteiger charge is -2.01. The highest BCUT2D eigenvalue weighted by molar-refractivity contribution is 7.80.